The SMILES string of the molecule is O=S(=O)(Nc1cc(C#CCO)ccn1)N1CCCCCC1. The van der Waals surface area contributed by atoms with Crippen LogP contribution in [0.25, 0.3) is 0 Å². The standard InChI is InChI=1S/C14H19N3O3S/c18-11-5-6-13-7-8-15-14(12-13)16-21(19,20)17-9-3-1-2-4-10-17/h7-8,12,18H,1-4,9-11H2,(H,15,16). The van der Waals surface area contributed by atoms with Gasteiger partial charge in [-0.2, -0.15) is 12.7 Å². The van der Waals surface area contributed by atoms with Crippen LogP contribution in [0.4, 0.5) is 5.82 Å². The van der Waals surface area contributed by atoms with Crippen molar-refractivity contribution in [3.63, 3.8) is 0 Å². The van der Waals surface area contributed by atoms with E-state index >= 15 is 0 Å². The van der Waals surface area contributed by atoms with Crippen LogP contribution in [0.1, 0.15) is 31.2 Å². The lowest BCUT2D eigenvalue weighted by molar-refractivity contribution is 0.350. The molecule has 0 unspecified atom stereocenters. The summed E-state index contributed by atoms with van der Waals surface area (Å²) in [5.74, 6) is 5.48. The van der Waals surface area contributed by atoms with Crippen molar-refractivity contribution >= 4 is 16.0 Å². The molecule has 1 aliphatic rings. The molecule has 1 aliphatic heterocycles. The Kier molecular flexibility index (Phi) is 5.56. The first-order valence-corrected chi connectivity index (χ1v) is 8.39. The summed E-state index contributed by atoms with van der Waals surface area (Å²) in [5, 5.41) is 8.67. The van der Waals surface area contributed by atoms with E-state index in [1.807, 2.05) is 0 Å². The number of nitrogens with one attached hydrogen (secondary N) is 1. The number of rotatable bonds is 3. The average molecular weight is 309 g/mol. The molecule has 1 saturated heterocycles. The van der Waals surface area contributed by atoms with Crippen LogP contribution < -0.4 is 4.72 Å². The molecule has 2 N–H and O–H groups in total. The van der Waals surface area contributed by atoms with Gasteiger partial charge < -0.3 is 5.11 Å². The summed E-state index contributed by atoms with van der Waals surface area (Å²) in [6.07, 6.45) is 5.39. The topological polar surface area (TPSA) is 82.5 Å². The quantitative estimate of drug-likeness (QED) is 0.815. The molecule has 6 nitrogen and oxygen atoms in total. The summed E-state index contributed by atoms with van der Waals surface area (Å²) in [4.78, 5) is 4.00. The van der Waals surface area contributed by atoms with Gasteiger partial charge in [0, 0.05) is 24.8 Å². The Balaban J connectivity index is 2.12. The second-order valence-electron chi connectivity index (χ2n) is 4.81. The van der Waals surface area contributed by atoms with Crippen molar-refractivity contribution in [2.45, 2.75) is 25.7 Å². The molecular formula is C14H19N3O3S. The van der Waals surface area contributed by atoms with Crippen LogP contribution in [0.15, 0.2) is 18.3 Å². The molecule has 0 radical (unpaired) electrons. The molecule has 0 aliphatic carbocycles. The van der Waals surface area contributed by atoms with Gasteiger partial charge in [0.25, 0.3) is 0 Å². The lowest BCUT2D eigenvalue weighted by Crippen LogP contribution is -2.36. The molecule has 0 atom stereocenters. The highest BCUT2D eigenvalue weighted by Crippen LogP contribution is 2.15. The maximum Gasteiger partial charge on any atom is 0.302 e. The van der Waals surface area contributed by atoms with Crippen LogP contribution in [0.2, 0.25) is 0 Å². The first kappa shape index (κ1) is 15.8. The Bertz CT molecular complexity index is 626. The summed E-state index contributed by atoms with van der Waals surface area (Å²) < 4.78 is 28.6. The van der Waals surface area contributed by atoms with Gasteiger partial charge in [0.15, 0.2) is 0 Å². The summed E-state index contributed by atoms with van der Waals surface area (Å²) >= 11 is 0. The molecule has 114 valence electrons. The number of hydrogen-bond acceptors (Lipinski definition) is 4. The van der Waals surface area contributed by atoms with Crippen LogP contribution in [0.3, 0.4) is 0 Å². The minimum absolute atomic E-state index is 0.239. The third-order valence-electron chi connectivity index (χ3n) is 3.21. The monoisotopic (exact) mass is 309 g/mol. The van der Waals surface area contributed by atoms with Crippen LogP contribution in [0, 0.1) is 11.8 Å². The van der Waals surface area contributed by atoms with E-state index < -0.39 is 10.2 Å². The van der Waals surface area contributed by atoms with Crippen molar-refractivity contribution in [2.75, 3.05) is 24.4 Å². The number of aliphatic hydroxyl groups is 1. The molecule has 1 fully saturated rings. The van der Waals surface area contributed by atoms with Gasteiger partial charge in [-0.1, -0.05) is 24.7 Å². The molecule has 0 bridgehead atoms. The number of pyridine rings is 1. The molecule has 21 heavy (non-hydrogen) atoms. The Morgan fingerprint density at radius 3 is 2.67 bits per heavy atom. The van der Waals surface area contributed by atoms with E-state index in [1.165, 1.54) is 10.5 Å². The van der Waals surface area contributed by atoms with Gasteiger partial charge in [-0.25, -0.2) is 4.98 Å². The van der Waals surface area contributed by atoms with Crippen LogP contribution in [-0.4, -0.2) is 42.5 Å². The number of nitrogens with zero attached hydrogens (tertiary/aromatic N) is 2. The van der Waals surface area contributed by atoms with Gasteiger partial charge in [-0.05, 0) is 25.0 Å². The highest BCUT2D eigenvalue weighted by molar-refractivity contribution is 7.90. The molecule has 0 aromatic carbocycles. The van der Waals surface area contributed by atoms with Crippen LogP contribution >= 0.6 is 0 Å². The fourth-order valence-electron chi connectivity index (χ4n) is 2.18. The van der Waals surface area contributed by atoms with E-state index in [1.54, 1.807) is 12.1 Å². The van der Waals surface area contributed by atoms with Crippen molar-refractivity contribution in [3.05, 3.63) is 23.9 Å². The highest BCUT2D eigenvalue weighted by atomic mass is 32.2. The fraction of sp³-hybridized carbons (Fsp3) is 0.500. The fourth-order valence-corrected chi connectivity index (χ4v) is 3.43. The summed E-state index contributed by atoms with van der Waals surface area (Å²) in [5.41, 5.74) is 0.604. The zero-order valence-electron chi connectivity index (χ0n) is 11.7. The minimum Gasteiger partial charge on any atom is -0.384 e. The van der Waals surface area contributed by atoms with E-state index in [-0.39, 0.29) is 12.4 Å². The van der Waals surface area contributed by atoms with E-state index in [4.69, 9.17) is 5.11 Å². The summed E-state index contributed by atoms with van der Waals surface area (Å²) in [6.45, 7) is 0.843. The largest absolute Gasteiger partial charge is 0.384 e. The number of hydrogen-bond donors (Lipinski definition) is 2. The Morgan fingerprint density at radius 2 is 2.00 bits per heavy atom. The van der Waals surface area contributed by atoms with Crippen molar-refractivity contribution in [1.82, 2.24) is 9.29 Å². The lowest BCUT2D eigenvalue weighted by atomic mass is 10.2. The highest BCUT2D eigenvalue weighted by Gasteiger charge is 2.23. The molecule has 7 heteroatoms. The zero-order chi connectivity index (χ0) is 15.1. The number of aliphatic hydroxyl groups excluding tert-OH is 1. The van der Waals surface area contributed by atoms with Crippen molar-refractivity contribution < 1.29 is 13.5 Å². The predicted molar refractivity (Wildman–Crippen MR) is 80.8 cm³/mol. The lowest BCUT2D eigenvalue weighted by Gasteiger charge is -2.20. The van der Waals surface area contributed by atoms with Crippen molar-refractivity contribution in [2.24, 2.45) is 0 Å². The zero-order valence-corrected chi connectivity index (χ0v) is 12.6. The molecule has 1 aromatic rings. The van der Waals surface area contributed by atoms with Gasteiger partial charge in [-0.15, -0.1) is 0 Å². The van der Waals surface area contributed by atoms with E-state index in [2.05, 4.69) is 21.5 Å². The smallest absolute Gasteiger partial charge is 0.302 e. The van der Waals surface area contributed by atoms with Gasteiger partial charge in [0.2, 0.25) is 0 Å². The molecule has 1 aromatic heterocycles. The summed E-state index contributed by atoms with van der Waals surface area (Å²) in [7, 11) is -3.57. The second-order valence-corrected chi connectivity index (χ2v) is 6.48. The van der Waals surface area contributed by atoms with Gasteiger partial charge in [0.05, 0.1) is 0 Å². The van der Waals surface area contributed by atoms with Crippen molar-refractivity contribution in [3.8, 4) is 11.8 Å². The van der Waals surface area contributed by atoms with Gasteiger partial charge >= 0.3 is 10.2 Å². The molecule has 0 saturated carbocycles. The molecule has 0 amide bonds. The first-order chi connectivity index (χ1) is 10.1. The maximum absolute atomic E-state index is 12.3. The third kappa shape index (κ3) is 4.70. The van der Waals surface area contributed by atoms with Gasteiger partial charge in [0.1, 0.15) is 12.4 Å². The Labute approximate surface area is 125 Å². The average Bonchev–Trinajstić information content (AvgIpc) is 2.74. The van der Waals surface area contributed by atoms with Crippen LogP contribution in [0.5, 0.6) is 0 Å². The molecular weight excluding hydrogens is 290 g/mol. The Hall–Kier alpha value is -1.62. The van der Waals surface area contributed by atoms with E-state index in [9.17, 15) is 8.42 Å². The minimum atomic E-state index is -3.57. The predicted octanol–water partition coefficient (Wildman–Crippen LogP) is 0.958. The van der Waals surface area contributed by atoms with E-state index in [0.717, 1.165) is 25.7 Å². The molecule has 0 spiro atoms. The normalized spacial score (nSPS) is 16.6. The summed E-state index contributed by atoms with van der Waals surface area (Å²) in [6, 6.07) is 3.21. The molecule has 2 heterocycles. The van der Waals surface area contributed by atoms with Gasteiger partial charge in [-0.3, -0.25) is 4.72 Å². The molecule has 2 rings (SSSR count). The number of anilines is 1. The van der Waals surface area contributed by atoms with E-state index in [0.29, 0.717) is 18.7 Å². The van der Waals surface area contributed by atoms with Crippen molar-refractivity contribution in [1.29, 1.82) is 0 Å². The van der Waals surface area contributed by atoms with Crippen LogP contribution in [-0.2, 0) is 10.2 Å². The first-order valence-electron chi connectivity index (χ1n) is 6.95. The Morgan fingerprint density at radius 1 is 1.29 bits per heavy atom. The third-order valence-corrected chi connectivity index (χ3v) is 4.72. The maximum atomic E-state index is 12.3. The number of aromatic nitrogens is 1. The second kappa shape index (κ2) is 7.41.